The van der Waals surface area contributed by atoms with Crippen molar-refractivity contribution in [2.75, 3.05) is 35.5 Å². The number of aromatic nitrogens is 5. The van der Waals surface area contributed by atoms with Crippen molar-refractivity contribution in [2.45, 2.75) is 19.5 Å². The standard InChI is InChI=1S/C14H18Cl2IN7/c15-11-8-18-9-12(16)14(11)23-6-4-22(5-7-23)10-13-19-20-21-24(13)3-1-2-17/h8-9H,1-7,10H2. The number of anilines is 1. The van der Waals surface area contributed by atoms with Gasteiger partial charge in [0.25, 0.3) is 0 Å². The van der Waals surface area contributed by atoms with Gasteiger partial charge in [0.2, 0.25) is 0 Å². The van der Waals surface area contributed by atoms with Crippen molar-refractivity contribution in [3.05, 3.63) is 28.3 Å². The van der Waals surface area contributed by atoms with Gasteiger partial charge in [-0.05, 0) is 16.8 Å². The molecule has 0 atom stereocenters. The Kier molecular flexibility index (Phi) is 6.48. The van der Waals surface area contributed by atoms with Crippen LogP contribution < -0.4 is 4.90 Å². The van der Waals surface area contributed by atoms with Gasteiger partial charge in [-0.2, -0.15) is 0 Å². The molecule has 0 amide bonds. The van der Waals surface area contributed by atoms with Crippen LogP contribution in [0.4, 0.5) is 5.69 Å². The van der Waals surface area contributed by atoms with E-state index in [1.54, 1.807) is 12.4 Å². The third kappa shape index (κ3) is 4.27. The van der Waals surface area contributed by atoms with Gasteiger partial charge in [0.1, 0.15) is 0 Å². The van der Waals surface area contributed by atoms with Crippen LogP contribution in [0.15, 0.2) is 12.4 Å². The SMILES string of the molecule is Clc1cncc(Cl)c1N1CCN(Cc2nnnn2CCCI)CC1. The van der Waals surface area contributed by atoms with Crippen molar-refractivity contribution < 1.29 is 0 Å². The summed E-state index contributed by atoms with van der Waals surface area (Å²) in [6, 6.07) is 0. The molecule has 0 aromatic carbocycles. The highest BCUT2D eigenvalue weighted by molar-refractivity contribution is 14.1. The first-order valence-corrected chi connectivity index (χ1v) is 10.0. The molecule has 2 aromatic heterocycles. The van der Waals surface area contributed by atoms with E-state index in [4.69, 9.17) is 23.2 Å². The smallest absolute Gasteiger partial charge is 0.165 e. The minimum atomic E-state index is 0.596. The number of rotatable bonds is 6. The molecule has 1 aliphatic heterocycles. The molecule has 10 heteroatoms. The predicted molar refractivity (Wildman–Crippen MR) is 103 cm³/mol. The van der Waals surface area contributed by atoms with Crippen LogP contribution in [0.2, 0.25) is 10.0 Å². The predicted octanol–water partition coefficient (Wildman–Crippen LogP) is 2.52. The number of hydrogen-bond donors (Lipinski definition) is 0. The van der Waals surface area contributed by atoms with Crippen molar-refractivity contribution in [3.63, 3.8) is 0 Å². The summed E-state index contributed by atoms with van der Waals surface area (Å²) in [5.41, 5.74) is 0.875. The zero-order chi connectivity index (χ0) is 16.9. The second kappa shape index (κ2) is 8.59. The summed E-state index contributed by atoms with van der Waals surface area (Å²) in [5, 5.41) is 13.2. The number of halogens is 3. The van der Waals surface area contributed by atoms with Gasteiger partial charge >= 0.3 is 0 Å². The molecule has 1 saturated heterocycles. The van der Waals surface area contributed by atoms with E-state index in [1.165, 1.54) is 0 Å². The van der Waals surface area contributed by atoms with E-state index in [0.29, 0.717) is 10.0 Å². The van der Waals surface area contributed by atoms with E-state index in [-0.39, 0.29) is 0 Å². The molecule has 0 aliphatic carbocycles. The third-order valence-electron chi connectivity index (χ3n) is 3.99. The lowest BCUT2D eigenvalue weighted by Crippen LogP contribution is -2.46. The Morgan fingerprint density at radius 2 is 1.79 bits per heavy atom. The fourth-order valence-electron chi connectivity index (χ4n) is 2.76. The van der Waals surface area contributed by atoms with E-state index < -0.39 is 0 Å². The van der Waals surface area contributed by atoms with Crippen LogP contribution in [0, 0.1) is 0 Å². The minimum Gasteiger partial charge on any atom is -0.366 e. The first-order valence-electron chi connectivity index (χ1n) is 7.76. The van der Waals surface area contributed by atoms with E-state index in [9.17, 15) is 0 Å². The molecule has 0 bridgehead atoms. The Balaban J connectivity index is 1.59. The monoisotopic (exact) mass is 481 g/mol. The number of aryl methyl sites for hydroxylation is 1. The van der Waals surface area contributed by atoms with Crippen LogP contribution in [-0.4, -0.2) is 60.7 Å². The van der Waals surface area contributed by atoms with Gasteiger partial charge in [0.05, 0.1) is 22.3 Å². The van der Waals surface area contributed by atoms with E-state index >= 15 is 0 Å². The molecule has 0 unspecified atom stereocenters. The Morgan fingerprint density at radius 3 is 2.46 bits per heavy atom. The maximum atomic E-state index is 6.25. The summed E-state index contributed by atoms with van der Waals surface area (Å²) in [6.07, 6.45) is 4.35. The first-order chi connectivity index (χ1) is 11.7. The molecule has 0 saturated carbocycles. The number of alkyl halides is 1. The lowest BCUT2D eigenvalue weighted by Gasteiger charge is -2.36. The van der Waals surface area contributed by atoms with Crippen molar-refractivity contribution in [1.82, 2.24) is 30.1 Å². The summed E-state index contributed by atoms with van der Waals surface area (Å²) in [6.45, 7) is 5.17. The van der Waals surface area contributed by atoms with Crippen molar-refractivity contribution >= 4 is 51.5 Å². The van der Waals surface area contributed by atoms with Gasteiger partial charge < -0.3 is 4.90 Å². The Bertz CT molecular complexity index is 653. The lowest BCUT2D eigenvalue weighted by molar-refractivity contribution is 0.239. The molecule has 1 fully saturated rings. The van der Waals surface area contributed by atoms with Gasteiger partial charge in [0.15, 0.2) is 5.82 Å². The maximum absolute atomic E-state index is 6.25. The zero-order valence-corrected chi connectivity index (χ0v) is 16.7. The number of tetrazole rings is 1. The van der Waals surface area contributed by atoms with Crippen LogP contribution in [-0.2, 0) is 13.1 Å². The first kappa shape index (κ1) is 18.1. The number of pyridine rings is 1. The van der Waals surface area contributed by atoms with Gasteiger partial charge in [-0.25, -0.2) is 4.68 Å². The lowest BCUT2D eigenvalue weighted by atomic mass is 10.2. The Morgan fingerprint density at radius 1 is 1.08 bits per heavy atom. The maximum Gasteiger partial charge on any atom is 0.165 e. The summed E-state index contributed by atoms with van der Waals surface area (Å²) in [7, 11) is 0. The second-order valence-corrected chi connectivity index (χ2v) is 7.47. The van der Waals surface area contributed by atoms with Crippen molar-refractivity contribution in [3.8, 4) is 0 Å². The molecular formula is C14H18Cl2IN7. The highest BCUT2D eigenvalue weighted by Crippen LogP contribution is 2.33. The highest BCUT2D eigenvalue weighted by atomic mass is 127. The third-order valence-corrected chi connectivity index (χ3v) is 5.31. The second-order valence-electron chi connectivity index (χ2n) is 5.58. The fourth-order valence-corrected chi connectivity index (χ4v) is 3.70. The molecular weight excluding hydrogens is 464 g/mol. The molecule has 7 nitrogen and oxygen atoms in total. The fraction of sp³-hybridized carbons (Fsp3) is 0.571. The Labute approximate surface area is 164 Å². The molecule has 0 radical (unpaired) electrons. The zero-order valence-electron chi connectivity index (χ0n) is 13.1. The summed E-state index contributed by atoms with van der Waals surface area (Å²) in [5.74, 6) is 0.924. The number of piperazine rings is 1. The molecule has 130 valence electrons. The van der Waals surface area contributed by atoms with Crippen LogP contribution in [0.1, 0.15) is 12.2 Å². The molecule has 3 rings (SSSR count). The van der Waals surface area contributed by atoms with E-state index in [2.05, 4.69) is 52.9 Å². The van der Waals surface area contributed by atoms with Crippen LogP contribution >= 0.6 is 45.8 Å². The molecule has 24 heavy (non-hydrogen) atoms. The highest BCUT2D eigenvalue weighted by Gasteiger charge is 2.22. The minimum absolute atomic E-state index is 0.596. The summed E-state index contributed by atoms with van der Waals surface area (Å²) < 4.78 is 3.00. The van der Waals surface area contributed by atoms with Crippen LogP contribution in [0.25, 0.3) is 0 Å². The summed E-state index contributed by atoms with van der Waals surface area (Å²) >= 11 is 14.9. The molecule has 0 spiro atoms. The van der Waals surface area contributed by atoms with E-state index in [0.717, 1.165) is 61.6 Å². The van der Waals surface area contributed by atoms with Crippen molar-refractivity contribution in [1.29, 1.82) is 0 Å². The van der Waals surface area contributed by atoms with Gasteiger partial charge in [-0.15, -0.1) is 5.10 Å². The topological polar surface area (TPSA) is 63.0 Å². The molecule has 3 heterocycles. The molecule has 1 aliphatic rings. The van der Waals surface area contributed by atoms with Gasteiger partial charge in [-0.3, -0.25) is 9.88 Å². The molecule has 0 N–H and O–H groups in total. The Hall–Kier alpha value is -0.710. The van der Waals surface area contributed by atoms with Crippen LogP contribution in [0.3, 0.4) is 0 Å². The van der Waals surface area contributed by atoms with E-state index in [1.807, 2.05) is 4.68 Å². The quantitative estimate of drug-likeness (QED) is 0.466. The van der Waals surface area contributed by atoms with Crippen LogP contribution in [0.5, 0.6) is 0 Å². The molecule has 2 aromatic rings. The number of nitrogens with zero attached hydrogens (tertiary/aromatic N) is 7. The summed E-state index contributed by atoms with van der Waals surface area (Å²) in [4.78, 5) is 8.58. The normalized spacial score (nSPS) is 15.9. The van der Waals surface area contributed by atoms with Gasteiger partial charge in [0, 0.05) is 49.5 Å². The largest absolute Gasteiger partial charge is 0.366 e. The average molecular weight is 482 g/mol. The van der Waals surface area contributed by atoms with Crippen molar-refractivity contribution in [2.24, 2.45) is 0 Å². The number of hydrogen-bond acceptors (Lipinski definition) is 6. The average Bonchev–Trinajstić information content (AvgIpc) is 3.01. The van der Waals surface area contributed by atoms with Gasteiger partial charge in [-0.1, -0.05) is 45.8 Å².